The number of rotatable bonds is 4. The summed E-state index contributed by atoms with van der Waals surface area (Å²) in [5.41, 5.74) is 6.85. The number of nitrogens with zero attached hydrogens (tertiary/aromatic N) is 4. The Bertz CT molecular complexity index is 653. The first-order valence-electron chi connectivity index (χ1n) is 9.98. The topological polar surface area (TPSA) is 87.4 Å². The smallest absolute Gasteiger partial charge is 0.227 e. The van der Waals surface area contributed by atoms with Gasteiger partial charge < -0.3 is 16.0 Å². The third kappa shape index (κ3) is 3.92. The zero-order valence-electron chi connectivity index (χ0n) is 15.7. The Morgan fingerprint density at radius 2 is 1.96 bits per heavy atom. The lowest BCUT2D eigenvalue weighted by molar-refractivity contribution is -0.127. The predicted molar refractivity (Wildman–Crippen MR) is 102 cm³/mol. The predicted octanol–water partition coefficient (Wildman–Crippen LogP) is 1.33. The highest BCUT2D eigenvalue weighted by atomic mass is 16.2. The minimum absolute atomic E-state index is 0.169. The maximum atomic E-state index is 12.4. The maximum Gasteiger partial charge on any atom is 0.227 e. The van der Waals surface area contributed by atoms with E-state index in [0.717, 1.165) is 76.2 Å². The Kier molecular flexibility index (Phi) is 4.98. The van der Waals surface area contributed by atoms with Crippen LogP contribution in [0.1, 0.15) is 44.1 Å². The van der Waals surface area contributed by atoms with Crippen molar-refractivity contribution < 1.29 is 4.79 Å². The molecule has 1 aromatic rings. The Balaban J connectivity index is 1.30. The van der Waals surface area contributed by atoms with Gasteiger partial charge in [0.25, 0.3) is 0 Å². The highest BCUT2D eigenvalue weighted by Crippen LogP contribution is 2.27. The fourth-order valence-electron chi connectivity index (χ4n) is 4.13. The number of aromatic nitrogens is 2. The fraction of sp³-hybridized carbons (Fsp3) is 0.737. The second kappa shape index (κ2) is 7.39. The summed E-state index contributed by atoms with van der Waals surface area (Å²) in [6, 6.07) is 1.02. The van der Waals surface area contributed by atoms with E-state index < -0.39 is 0 Å². The summed E-state index contributed by atoms with van der Waals surface area (Å²) in [7, 11) is 0. The number of amides is 1. The van der Waals surface area contributed by atoms with Gasteiger partial charge in [-0.15, -0.1) is 0 Å². The summed E-state index contributed by atoms with van der Waals surface area (Å²) in [5, 5.41) is 3.18. The molecule has 3 N–H and O–H groups in total. The van der Waals surface area contributed by atoms with Crippen LogP contribution in [0.15, 0.2) is 6.20 Å². The number of piperidine rings is 2. The van der Waals surface area contributed by atoms with Crippen LogP contribution >= 0.6 is 0 Å². The number of anilines is 2. The number of hydrogen-bond donors (Lipinski definition) is 2. The zero-order chi connectivity index (χ0) is 18.1. The van der Waals surface area contributed by atoms with Gasteiger partial charge in [-0.3, -0.25) is 9.69 Å². The van der Waals surface area contributed by atoms with Crippen LogP contribution in [0.25, 0.3) is 0 Å². The van der Waals surface area contributed by atoms with Crippen LogP contribution in [0, 0.1) is 12.8 Å². The first-order valence-corrected chi connectivity index (χ1v) is 9.98. The van der Waals surface area contributed by atoms with Gasteiger partial charge in [0.15, 0.2) is 0 Å². The molecule has 142 valence electrons. The largest absolute Gasteiger partial charge is 0.383 e. The number of nitrogen functional groups attached to an aromatic ring is 1. The van der Waals surface area contributed by atoms with E-state index in [-0.39, 0.29) is 11.8 Å². The van der Waals surface area contributed by atoms with Crippen molar-refractivity contribution in [3.63, 3.8) is 0 Å². The van der Waals surface area contributed by atoms with E-state index in [9.17, 15) is 4.79 Å². The molecule has 7 heteroatoms. The highest BCUT2D eigenvalue weighted by Gasteiger charge is 2.34. The molecule has 1 atom stereocenters. The monoisotopic (exact) mass is 358 g/mol. The molecule has 1 saturated carbocycles. The second-order valence-electron chi connectivity index (χ2n) is 8.07. The van der Waals surface area contributed by atoms with Gasteiger partial charge in [-0.05, 0) is 52.0 Å². The van der Waals surface area contributed by atoms with Gasteiger partial charge in [0.2, 0.25) is 11.9 Å². The number of nitrogens with two attached hydrogens (primary N) is 1. The first kappa shape index (κ1) is 17.5. The van der Waals surface area contributed by atoms with Crippen molar-refractivity contribution in [3.05, 3.63) is 11.8 Å². The van der Waals surface area contributed by atoms with E-state index in [1.54, 1.807) is 6.20 Å². The van der Waals surface area contributed by atoms with Crippen molar-refractivity contribution in [2.24, 2.45) is 5.92 Å². The molecule has 1 aliphatic carbocycles. The van der Waals surface area contributed by atoms with E-state index in [2.05, 4.69) is 25.1 Å². The summed E-state index contributed by atoms with van der Waals surface area (Å²) in [6.45, 7) is 5.85. The van der Waals surface area contributed by atoms with Crippen molar-refractivity contribution in [1.82, 2.24) is 20.2 Å². The van der Waals surface area contributed by atoms with Crippen molar-refractivity contribution in [2.45, 2.75) is 57.5 Å². The van der Waals surface area contributed by atoms with Gasteiger partial charge in [0.05, 0.1) is 5.92 Å². The minimum atomic E-state index is 0.169. The Morgan fingerprint density at radius 3 is 2.65 bits per heavy atom. The van der Waals surface area contributed by atoms with Crippen molar-refractivity contribution in [3.8, 4) is 0 Å². The Hall–Kier alpha value is -1.89. The number of likely N-dealkylation sites (tertiary alicyclic amines) is 1. The van der Waals surface area contributed by atoms with Gasteiger partial charge in [0.1, 0.15) is 5.82 Å². The molecule has 26 heavy (non-hydrogen) atoms. The molecule has 1 aromatic heterocycles. The van der Waals surface area contributed by atoms with Gasteiger partial charge in [-0.2, -0.15) is 4.98 Å². The average molecular weight is 358 g/mol. The van der Waals surface area contributed by atoms with E-state index in [4.69, 9.17) is 5.73 Å². The molecule has 2 saturated heterocycles. The number of aryl methyl sites for hydroxylation is 1. The van der Waals surface area contributed by atoms with Gasteiger partial charge >= 0.3 is 0 Å². The van der Waals surface area contributed by atoms with Crippen LogP contribution in [0.3, 0.4) is 0 Å². The minimum Gasteiger partial charge on any atom is -0.383 e. The van der Waals surface area contributed by atoms with Crippen LogP contribution in [0.4, 0.5) is 11.8 Å². The van der Waals surface area contributed by atoms with Gasteiger partial charge in [0, 0.05) is 43.5 Å². The van der Waals surface area contributed by atoms with Crippen LogP contribution in [0.2, 0.25) is 0 Å². The lowest BCUT2D eigenvalue weighted by atomic mass is 9.93. The molecule has 3 fully saturated rings. The molecular weight excluding hydrogens is 328 g/mol. The lowest BCUT2D eigenvalue weighted by Crippen LogP contribution is -2.51. The van der Waals surface area contributed by atoms with E-state index >= 15 is 0 Å². The summed E-state index contributed by atoms with van der Waals surface area (Å²) in [5.74, 6) is 1.75. The summed E-state index contributed by atoms with van der Waals surface area (Å²) in [6.07, 6.45) is 8.46. The molecule has 0 spiro atoms. The molecule has 2 aliphatic heterocycles. The molecule has 3 aliphatic rings. The molecule has 3 heterocycles. The lowest BCUT2D eigenvalue weighted by Gasteiger charge is -2.42. The summed E-state index contributed by atoms with van der Waals surface area (Å²) in [4.78, 5) is 26.0. The summed E-state index contributed by atoms with van der Waals surface area (Å²) >= 11 is 0. The molecule has 0 radical (unpaired) electrons. The van der Waals surface area contributed by atoms with E-state index in [1.165, 1.54) is 0 Å². The van der Waals surface area contributed by atoms with E-state index in [0.29, 0.717) is 17.9 Å². The first-order chi connectivity index (χ1) is 12.6. The van der Waals surface area contributed by atoms with Crippen molar-refractivity contribution in [2.75, 3.05) is 36.8 Å². The normalized spacial score (nSPS) is 25.3. The molecule has 1 amide bonds. The molecular formula is C19H30N6O. The van der Waals surface area contributed by atoms with E-state index in [1.807, 2.05) is 6.92 Å². The third-order valence-corrected chi connectivity index (χ3v) is 6.01. The van der Waals surface area contributed by atoms with Gasteiger partial charge in [-0.1, -0.05) is 0 Å². The maximum absolute atomic E-state index is 12.4. The quantitative estimate of drug-likeness (QED) is 0.844. The molecule has 1 unspecified atom stereocenters. The fourth-order valence-corrected chi connectivity index (χ4v) is 4.13. The van der Waals surface area contributed by atoms with Crippen molar-refractivity contribution >= 4 is 17.7 Å². The standard InChI is InChI=1S/C19H30N6O/c1-13-11-21-19(23-17(13)20)24-9-6-16(7-10-24)25-8-2-3-14(12-25)18(26)22-15-4-5-15/h11,14-16H,2-10,12H2,1H3,(H,22,26)(H2,20,21,23). The Labute approximate surface area is 155 Å². The zero-order valence-corrected chi connectivity index (χ0v) is 15.7. The average Bonchev–Trinajstić information content (AvgIpc) is 3.48. The molecule has 4 rings (SSSR count). The van der Waals surface area contributed by atoms with Gasteiger partial charge in [-0.25, -0.2) is 4.98 Å². The number of carbonyl (C=O) groups is 1. The second-order valence-corrected chi connectivity index (χ2v) is 8.07. The van der Waals surface area contributed by atoms with Crippen LogP contribution < -0.4 is 16.0 Å². The molecule has 7 nitrogen and oxygen atoms in total. The number of hydrogen-bond acceptors (Lipinski definition) is 6. The number of carbonyl (C=O) groups excluding carboxylic acids is 1. The van der Waals surface area contributed by atoms with Crippen LogP contribution in [-0.2, 0) is 4.79 Å². The molecule has 0 aromatic carbocycles. The summed E-state index contributed by atoms with van der Waals surface area (Å²) < 4.78 is 0. The molecule has 0 bridgehead atoms. The highest BCUT2D eigenvalue weighted by molar-refractivity contribution is 5.79. The van der Waals surface area contributed by atoms with Crippen molar-refractivity contribution in [1.29, 1.82) is 0 Å². The Morgan fingerprint density at radius 1 is 1.19 bits per heavy atom. The SMILES string of the molecule is Cc1cnc(N2CCC(N3CCCC(C(=O)NC4CC4)C3)CC2)nc1N. The van der Waals surface area contributed by atoms with Crippen LogP contribution in [0.5, 0.6) is 0 Å². The number of nitrogens with one attached hydrogen (secondary N) is 1. The third-order valence-electron chi connectivity index (χ3n) is 6.01. The van der Waals surface area contributed by atoms with Crippen LogP contribution in [-0.4, -0.2) is 59.0 Å².